The number of nitrogens with one attached hydrogen (secondary N) is 1. The molecule has 9 heteroatoms. The summed E-state index contributed by atoms with van der Waals surface area (Å²) >= 11 is 24.4. The Labute approximate surface area is 219 Å². The number of halogens is 4. The maximum Gasteiger partial charge on any atom is 0.248 e. The van der Waals surface area contributed by atoms with Crippen molar-refractivity contribution < 1.29 is 13.6 Å². The summed E-state index contributed by atoms with van der Waals surface area (Å²) in [5.41, 5.74) is 2.99. The van der Waals surface area contributed by atoms with Crippen LogP contribution in [0.5, 0.6) is 0 Å². The van der Waals surface area contributed by atoms with Crippen molar-refractivity contribution in [3.8, 4) is 22.8 Å². The number of benzene rings is 3. The third-order valence-electron chi connectivity index (χ3n) is 4.99. The van der Waals surface area contributed by atoms with E-state index in [4.69, 9.17) is 55.2 Å². The lowest BCUT2D eigenvalue weighted by Crippen LogP contribution is -2.07. The van der Waals surface area contributed by atoms with E-state index in [1.54, 1.807) is 72.8 Å². The van der Waals surface area contributed by atoms with E-state index in [1.807, 2.05) is 0 Å². The summed E-state index contributed by atoms with van der Waals surface area (Å²) < 4.78 is 11.6. The van der Waals surface area contributed by atoms with Crippen LogP contribution >= 0.6 is 46.4 Å². The third kappa shape index (κ3) is 5.39. The minimum Gasteiger partial charge on any atom is -0.457 e. The Hall–Kier alpha value is -3.22. The van der Waals surface area contributed by atoms with E-state index in [-0.39, 0.29) is 5.91 Å². The molecule has 0 bridgehead atoms. The Balaban J connectivity index is 1.30. The Morgan fingerprint density at radius 2 is 1.63 bits per heavy atom. The van der Waals surface area contributed by atoms with Crippen molar-refractivity contribution >= 4 is 75.2 Å². The zero-order chi connectivity index (χ0) is 24.5. The average Bonchev–Trinajstić information content (AvgIpc) is 3.45. The predicted molar refractivity (Wildman–Crippen MR) is 141 cm³/mol. The van der Waals surface area contributed by atoms with E-state index >= 15 is 0 Å². The van der Waals surface area contributed by atoms with E-state index in [9.17, 15) is 4.79 Å². The number of hydrogen-bond acceptors (Lipinski definition) is 4. The van der Waals surface area contributed by atoms with Gasteiger partial charge in [-0.05, 0) is 72.8 Å². The van der Waals surface area contributed by atoms with E-state index in [1.165, 1.54) is 6.08 Å². The van der Waals surface area contributed by atoms with E-state index in [0.717, 1.165) is 5.56 Å². The zero-order valence-corrected chi connectivity index (χ0v) is 20.7. The van der Waals surface area contributed by atoms with Gasteiger partial charge in [0.15, 0.2) is 5.58 Å². The smallest absolute Gasteiger partial charge is 0.248 e. The molecule has 0 saturated carbocycles. The second-order valence-corrected chi connectivity index (χ2v) is 9.22. The van der Waals surface area contributed by atoms with Gasteiger partial charge in [-0.1, -0.05) is 46.4 Å². The summed E-state index contributed by atoms with van der Waals surface area (Å²) in [4.78, 5) is 16.9. The van der Waals surface area contributed by atoms with Crippen molar-refractivity contribution in [1.82, 2.24) is 4.98 Å². The fraction of sp³-hybridized carbons (Fsp3) is 0. The van der Waals surface area contributed by atoms with E-state index in [0.29, 0.717) is 59.9 Å². The molecule has 0 spiro atoms. The van der Waals surface area contributed by atoms with E-state index < -0.39 is 0 Å². The first-order valence-corrected chi connectivity index (χ1v) is 11.8. The molecule has 35 heavy (non-hydrogen) atoms. The molecule has 2 heterocycles. The highest BCUT2D eigenvalue weighted by Crippen LogP contribution is 2.33. The van der Waals surface area contributed by atoms with Gasteiger partial charge in [-0.3, -0.25) is 4.79 Å². The lowest BCUT2D eigenvalue weighted by Gasteiger charge is -2.01. The SMILES string of the molecule is O=C(/C=C/c1ccc(-c2cc(Cl)cc(Cl)c2)o1)Nc1ccc2oc(-c3cc(Cl)ccc3Cl)nc2c1. The second kappa shape index (κ2) is 9.80. The van der Waals surface area contributed by atoms with Crippen molar-refractivity contribution in [3.63, 3.8) is 0 Å². The minimum absolute atomic E-state index is 0.338. The van der Waals surface area contributed by atoms with Crippen LogP contribution in [0.25, 0.3) is 40.0 Å². The van der Waals surface area contributed by atoms with Crippen LogP contribution in [-0.4, -0.2) is 10.9 Å². The molecular formula is C26H14Cl4N2O3. The molecule has 5 rings (SSSR count). The van der Waals surface area contributed by atoms with Crippen molar-refractivity contribution in [2.75, 3.05) is 5.32 Å². The first kappa shape index (κ1) is 23.5. The summed E-state index contributed by atoms with van der Waals surface area (Å²) in [7, 11) is 0. The molecule has 0 aliphatic rings. The fourth-order valence-corrected chi connectivity index (χ4v) is 4.31. The molecule has 0 fully saturated rings. The van der Waals surface area contributed by atoms with Crippen molar-refractivity contribution in [3.05, 3.63) is 98.7 Å². The maximum absolute atomic E-state index is 12.4. The van der Waals surface area contributed by atoms with Crippen LogP contribution in [0.2, 0.25) is 20.1 Å². The van der Waals surface area contributed by atoms with Crippen LogP contribution in [0.3, 0.4) is 0 Å². The molecule has 174 valence electrons. The minimum atomic E-state index is -0.338. The highest BCUT2D eigenvalue weighted by atomic mass is 35.5. The quantitative estimate of drug-likeness (QED) is 0.224. The molecule has 5 aromatic rings. The largest absolute Gasteiger partial charge is 0.457 e. The fourth-order valence-electron chi connectivity index (χ4n) is 3.42. The number of carbonyl (C=O) groups excluding carboxylic acids is 1. The molecule has 0 aliphatic carbocycles. The number of carbonyl (C=O) groups is 1. The summed E-state index contributed by atoms with van der Waals surface area (Å²) in [5, 5.41) is 4.80. The van der Waals surface area contributed by atoms with Gasteiger partial charge in [0, 0.05) is 32.4 Å². The van der Waals surface area contributed by atoms with Gasteiger partial charge in [0.2, 0.25) is 11.8 Å². The molecule has 5 nitrogen and oxygen atoms in total. The molecule has 0 radical (unpaired) electrons. The zero-order valence-electron chi connectivity index (χ0n) is 17.7. The number of aromatic nitrogens is 1. The molecule has 0 aliphatic heterocycles. The lowest BCUT2D eigenvalue weighted by atomic mass is 10.2. The monoisotopic (exact) mass is 542 g/mol. The molecule has 0 unspecified atom stereocenters. The first-order chi connectivity index (χ1) is 16.8. The number of furan rings is 1. The number of oxazole rings is 1. The third-order valence-corrected chi connectivity index (χ3v) is 5.99. The number of amides is 1. The van der Waals surface area contributed by atoms with Crippen LogP contribution in [0.15, 0.2) is 81.6 Å². The predicted octanol–water partition coefficient (Wildman–Crippen LogP) is 9.02. The number of hydrogen-bond donors (Lipinski definition) is 1. The second-order valence-electron chi connectivity index (χ2n) is 7.51. The Bertz CT molecular complexity index is 1580. The number of rotatable bonds is 5. The number of nitrogens with zero attached hydrogens (tertiary/aromatic N) is 1. The molecular weight excluding hydrogens is 530 g/mol. The standard InChI is InChI=1S/C26H14Cl4N2O3/c27-15-1-5-21(30)20(12-15)26-32-22-13-18(2-6-24(22)35-26)31-25(33)8-4-19-3-7-23(34-19)14-9-16(28)11-17(29)10-14/h1-13H,(H,31,33)/b8-4+. The van der Waals surface area contributed by atoms with Crippen molar-refractivity contribution in [2.24, 2.45) is 0 Å². The summed E-state index contributed by atoms with van der Waals surface area (Å²) in [6.45, 7) is 0. The lowest BCUT2D eigenvalue weighted by molar-refractivity contribution is -0.111. The highest BCUT2D eigenvalue weighted by molar-refractivity contribution is 6.35. The first-order valence-electron chi connectivity index (χ1n) is 10.3. The normalized spacial score (nSPS) is 11.4. The topological polar surface area (TPSA) is 68.3 Å². The van der Waals surface area contributed by atoms with Gasteiger partial charge in [-0.15, -0.1) is 0 Å². The molecule has 1 amide bonds. The average molecular weight is 544 g/mol. The van der Waals surface area contributed by atoms with Crippen LogP contribution < -0.4 is 5.32 Å². The highest BCUT2D eigenvalue weighted by Gasteiger charge is 2.13. The van der Waals surface area contributed by atoms with Crippen LogP contribution in [0, 0.1) is 0 Å². The summed E-state index contributed by atoms with van der Waals surface area (Å²) in [5.74, 6) is 1.09. The number of anilines is 1. The maximum atomic E-state index is 12.4. The summed E-state index contributed by atoms with van der Waals surface area (Å²) in [6.07, 6.45) is 2.94. The molecule has 3 aromatic carbocycles. The van der Waals surface area contributed by atoms with E-state index in [2.05, 4.69) is 10.3 Å². The van der Waals surface area contributed by atoms with Crippen LogP contribution in [-0.2, 0) is 4.79 Å². The molecule has 2 aromatic heterocycles. The van der Waals surface area contributed by atoms with Gasteiger partial charge >= 0.3 is 0 Å². The Kier molecular flexibility index (Phi) is 6.58. The van der Waals surface area contributed by atoms with Gasteiger partial charge in [0.1, 0.15) is 17.0 Å². The Morgan fingerprint density at radius 3 is 2.43 bits per heavy atom. The Morgan fingerprint density at radius 1 is 0.829 bits per heavy atom. The van der Waals surface area contributed by atoms with Crippen LogP contribution in [0.1, 0.15) is 5.76 Å². The van der Waals surface area contributed by atoms with Gasteiger partial charge in [-0.2, -0.15) is 0 Å². The van der Waals surface area contributed by atoms with Gasteiger partial charge in [0.25, 0.3) is 0 Å². The van der Waals surface area contributed by atoms with Gasteiger partial charge < -0.3 is 14.2 Å². The van der Waals surface area contributed by atoms with Crippen LogP contribution in [0.4, 0.5) is 5.69 Å². The van der Waals surface area contributed by atoms with Crippen molar-refractivity contribution in [1.29, 1.82) is 0 Å². The van der Waals surface area contributed by atoms with Crippen molar-refractivity contribution in [2.45, 2.75) is 0 Å². The molecule has 0 saturated heterocycles. The van der Waals surface area contributed by atoms with Gasteiger partial charge in [0.05, 0.1) is 10.6 Å². The summed E-state index contributed by atoms with van der Waals surface area (Å²) in [6, 6.07) is 18.9. The number of fused-ring (bicyclic) bond motifs is 1. The molecule has 0 atom stereocenters. The molecule has 1 N–H and O–H groups in total. The van der Waals surface area contributed by atoms with Gasteiger partial charge in [-0.25, -0.2) is 4.98 Å².